The molecule has 128 valence electrons. The molecule has 1 aliphatic rings. The molecule has 1 heterocycles. The number of nitrogens with one attached hydrogen (secondary N) is 1. The molecule has 0 radical (unpaired) electrons. The lowest BCUT2D eigenvalue weighted by molar-refractivity contribution is 0.138. The van der Waals surface area contributed by atoms with Crippen molar-refractivity contribution in [3.05, 3.63) is 29.3 Å². The third-order valence-corrected chi connectivity index (χ3v) is 4.82. The summed E-state index contributed by atoms with van der Waals surface area (Å²) >= 11 is 4.28. The van der Waals surface area contributed by atoms with Gasteiger partial charge < -0.3 is 19.9 Å². The summed E-state index contributed by atoms with van der Waals surface area (Å²) in [5.41, 5.74) is 3.49. The third-order valence-electron chi connectivity index (χ3n) is 4.16. The quantitative estimate of drug-likeness (QED) is 0.655. The summed E-state index contributed by atoms with van der Waals surface area (Å²) in [5.74, 6) is 0. The van der Waals surface area contributed by atoms with Crippen LogP contribution < -0.4 is 10.2 Å². The first kappa shape index (κ1) is 17.9. The summed E-state index contributed by atoms with van der Waals surface area (Å²) < 4.78 is 5.12. The van der Waals surface area contributed by atoms with Crippen LogP contribution in [-0.2, 0) is 4.74 Å². The monoisotopic (exact) mass is 337 g/mol. The Bertz CT molecular complexity index is 524. The molecule has 1 aromatic carbocycles. The molecule has 6 heteroatoms. The number of piperazine rings is 1. The third kappa shape index (κ3) is 4.78. The lowest BCUT2D eigenvalue weighted by Crippen LogP contribution is -2.54. The Hall–Kier alpha value is -1.40. The van der Waals surface area contributed by atoms with Gasteiger partial charge in [0, 0.05) is 39.0 Å². The summed E-state index contributed by atoms with van der Waals surface area (Å²) in [5, 5.41) is 2.94. The minimum absolute atomic E-state index is 0.0475. The molecule has 0 aliphatic carbocycles. The van der Waals surface area contributed by atoms with Gasteiger partial charge in [0.15, 0.2) is 0 Å². The van der Waals surface area contributed by atoms with Crippen LogP contribution in [0, 0.1) is 13.8 Å². The zero-order valence-corrected chi connectivity index (χ0v) is 15.3. The number of aryl methyl sites for hydroxylation is 2. The standard InChI is InChI=1S/C17H27N3O2S/c1-12-9-13(2)11-15(10-12)19-5-7-20(8-6-19)17(21)18-14(3)16(23)22-4/h9-11,14,16,23H,5-8H2,1-4H3,(H,18,21). The van der Waals surface area contributed by atoms with Crippen molar-refractivity contribution < 1.29 is 9.53 Å². The Morgan fingerprint density at radius 1 is 1.17 bits per heavy atom. The van der Waals surface area contributed by atoms with Gasteiger partial charge in [0.25, 0.3) is 0 Å². The molecule has 2 unspecified atom stereocenters. The van der Waals surface area contributed by atoms with Crippen molar-refractivity contribution >= 4 is 24.3 Å². The molecule has 1 aliphatic heterocycles. The minimum Gasteiger partial charge on any atom is -0.369 e. The average molecular weight is 337 g/mol. The van der Waals surface area contributed by atoms with Crippen LogP contribution in [0.15, 0.2) is 18.2 Å². The van der Waals surface area contributed by atoms with Gasteiger partial charge >= 0.3 is 6.03 Å². The highest BCUT2D eigenvalue weighted by atomic mass is 32.1. The molecule has 5 nitrogen and oxygen atoms in total. The van der Waals surface area contributed by atoms with Crippen LogP contribution in [-0.4, -0.2) is 55.7 Å². The number of methoxy groups -OCH3 is 1. The van der Waals surface area contributed by atoms with Gasteiger partial charge in [-0.1, -0.05) is 6.07 Å². The Balaban J connectivity index is 1.89. The number of nitrogens with zero attached hydrogens (tertiary/aromatic N) is 2. The van der Waals surface area contributed by atoms with Crippen LogP contribution >= 0.6 is 12.6 Å². The summed E-state index contributed by atoms with van der Waals surface area (Å²) in [7, 11) is 1.59. The van der Waals surface area contributed by atoms with E-state index < -0.39 is 0 Å². The average Bonchev–Trinajstić information content (AvgIpc) is 2.53. The van der Waals surface area contributed by atoms with E-state index in [9.17, 15) is 4.79 Å². The number of amides is 2. The van der Waals surface area contributed by atoms with Crippen molar-refractivity contribution in [2.24, 2.45) is 0 Å². The fourth-order valence-electron chi connectivity index (χ4n) is 2.86. The maximum absolute atomic E-state index is 12.3. The van der Waals surface area contributed by atoms with Crippen LogP contribution in [0.1, 0.15) is 18.1 Å². The number of carbonyl (C=O) groups excluding carboxylic acids is 1. The van der Waals surface area contributed by atoms with E-state index >= 15 is 0 Å². The number of hydrogen-bond acceptors (Lipinski definition) is 4. The highest BCUT2D eigenvalue weighted by Crippen LogP contribution is 2.20. The van der Waals surface area contributed by atoms with E-state index in [0.717, 1.165) is 26.2 Å². The number of urea groups is 1. The Morgan fingerprint density at radius 2 is 1.74 bits per heavy atom. The first-order valence-electron chi connectivity index (χ1n) is 8.00. The largest absolute Gasteiger partial charge is 0.369 e. The van der Waals surface area contributed by atoms with E-state index in [1.807, 2.05) is 11.8 Å². The number of thiol groups is 1. The van der Waals surface area contributed by atoms with E-state index in [4.69, 9.17) is 4.74 Å². The maximum atomic E-state index is 12.3. The summed E-state index contributed by atoms with van der Waals surface area (Å²) in [4.78, 5) is 16.5. The summed E-state index contributed by atoms with van der Waals surface area (Å²) in [6, 6.07) is 6.41. The Kier molecular flexibility index (Phi) is 6.18. The fraction of sp³-hybridized carbons (Fsp3) is 0.588. The number of ether oxygens (including phenoxy) is 1. The normalized spacial score (nSPS) is 17.8. The maximum Gasteiger partial charge on any atom is 0.317 e. The van der Waals surface area contributed by atoms with Crippen molar-refractivity contribution in [2.75, 3.05) is 38.2 Å². The number of hydrogen-bond donors (Lipinski definition) is 2. The van der Waals surface area contributed by atoms with E-state index in [1.165, 1.54) is 16.8 Å². The van der Waals surface area contributed by atoms with Crippen molar-refractivity contribution in [1.82, 2.24) is 10.2 Å². The minimum atomic E-state index is -0.296. The number of anilines is 1. The highest BCUT2D eigenvalue weighted by Gasteiger charge is 2.24. The summed E-state index contributed by atoms with van der Waals surface area (Å²) in [6.45, 7) is 9.26. The van der Waals surface area contributed by atoms with Crippen molar-refractivity contribution in [1.29, 1.82) is 0 Å². The Morgan fingerprint density at radius 3 is 2.26 bits per heavy atom. The van der Waals surface area contributed by atoms with E-state index in [1.54, 1.807) is 7.11 Å². The van der Waals surface area contributed by atoms with Crippen LogP contribution in [0.2, 0.25) is 0 Å². The predicted octanol–water partition coefficient (Wildman–Crippen LogP) is 2.43. The number of carbonyl (C=O) groups is 1. The molecular formula is C17H27N3O2S. The zero-order chi connectivity index (χ0) is 17.0. The molecule has 0 saturated carbocycles. The Labute approximate surface area is 144 Å². The second-order valence-electron chi connectivity index (χ2n) is 6.18. The van der Waals surface area contributed by atoms with Gasteiger partial charge in [-0.2, -0.15) is 0 Å². The highest BCUT2D eigenvalue weighted by molar-refractivity contribution is 7.80. The van der Waals surface area contributed by atoms with Crippen LogP contribution in [0.5, 0.6) is 0 Å². The molecular weight excluding hydrogens is 310 g/mol. The number of rotatable bonds is 4. The molecule has 0 bridgehead atoms. The fourth-order valence-corrected chi connectivity index (χ4v) is 2.94. The van der Waals surface area contributed by atoms with Gasteiger partial charge in [0.2, 0.25) is 0 Å². The van der Waals surface area contributed by atoms with Crippen LogP contribution in [0.25, 0.3) is 0 Å². The topological polar surface area (TPSA) is 44.8 Å². The molecule has 23 heavy (non-hydrogen) atoms. The SMILES string of the molecule is COC(S)C(C)NC(=O)N1CCN(c2cc(C)cc(C)c2)CC1. The van der Waals surface area contributed by atoms with Gasteiger partial charge in [0.1, 0.15) is 5.44 Å². The predicted molar refractivity (Wildman–Crippen MR) is 97.5 cm³/mol. The van der Waals surface area contributed by atoms with Gasteiger partial charge in [-0.25, -0.2) is 4.79 Å². The van der Waals surface area contributed by atoms with Gasteiger partial charge in [-0.3, -0.25) is 0 Å². The molecule has 2 rings (SSSR count). The lowest BCUT2D eigenvalue weighted by Gasteiger charge is -2.37. The van der Waals surface area contributed by atoms with Crippen molar-refractivity contribution in [2.45, 2.75) is 32.2 Å². The number of benzene rings is 1. The smallest absolute Gasteiger partial charge is 0.317 e. The van der Waals surface area contributed by atoms with Gasteiger partial charge in [-0.15, -0.1) is 12.6 Å². The van der Waals surface area contributed by atoms with Gasteiger partial charge in [0.05, 0.1) is 6.04 Å². The molecule has 1 saturated heterocycles. The molecule has 1 N–H and O–H groups in total. The first-order chi connectivity index (χ1) is 10.9. The van der Waals surface area contributed by atoms with Crippen molar-refractivity contribution in [3.63, 3.8) is 0 Å². The second-order valence-corrected chi connectivity index (χ2v) is 6.69. The molecule has 1 aromatic rings. The first-order valence-corrected chi connectivity index (χ1v) is 8.52. The zero-order valence-electron chi connectivity index (χ0n) is 14.4. The van der Waals surface area contributed by atoms with E-state index in [2.05, 4.69) is 54.9 Å². The summed E-state index contributed by atoms with van der Waals surface area (Å²) in [6.07, 6.45) is 0. The van der Waals surface area contributed by atoms with E-state index in [0.29, 0.717) is 0 Å². The molecule has 2 atom stereocenters. The van der Waals surface area contributed by atoms with Crippen molar-refractivity contribution in [3.8, 4) is 0 Å². The van der Waals surface area contributed by atoms with Gasteiger partial charge in [-0.05, 0) is 44.0 Å². The molecule has 2 amide bonds. The second kappa shape index (κ2) is 7.93. The van der Waals surface area contributed by atoms with E-state index in [-0.39, 0.29) is 17.5 Å². The molecule has 0 aromatic heterocycles. The van der Waals surface area contributed by atoms with Crippen LogP contribution in [0.4, 0.5) is 10.5 Å². The lowest BCUT2D eigenvalue weighted by atomic mass is 10.1. The van der Waals surface area contributed by atoms with Crippen LogP contribution in [0.3, 0.4) is 0 Å². The molecule has 0 spiro atoms. The molecule has 1 fully saturated rings.